The van der Waals surface area contributed by atoms with Crippen molar-refractivity contribution in [3.63, 3.8) is 0 Å². The zero-order valence-electron chi connectivity index (χ0n) is 14.4. The van der Waals surface area contributed by atoms with Gasteiger partial charge in [-0.3, -0.25) is 5.10 Å². The monoisotopic (exact) mass is 329 g/mol. The van der Waals surface area contributed by atoms with E-state index in [4.69, 9.17) is 5.73 Å². The summed E-state index contributed by atoms with van der Waals surface area (Å²) < 4.78 is 0. The van der Waals surface area contributed by atoms with E-state index in [1.54, 1.807) is 0 Å². The van der Waals surface area contributed by atoms with Crippen molar-refractivity contribution in [2.75, 3.05) is 0 Å². The number of nitrogens with two attached hydrogens (primary N) is 1. The summed E-state index contributed by atoms with van der Waals surface area (Å²) in [4.78, 5) is 0. The minimum Gasteiger partial charge on any atom is -0.321 e. The molecule has 1 heterocycles. The summed E-state index contributed by atoms with van der Waals surface area (Å²) in [6.45, 7) is 0. The first-order valence-corrected chi connectivity index (χ1v) is 9.52. The topological polar surface area (TPSA) is 54.7 Å². The fraction of sp³-hybridized carbons (Fsp3) is 0.409. The third-order valence-electron chi connectivity index (χ3n) is 6.76. The Morgan fingerprint density at radius 2 is 1.76 bits per heavy atom. The molecule has 0 bridgehead atoms. The largest absolute Gasteiger partial charge is 0.321 e. The van der Waals surface area contributed by atoms with Gasteiger partial charge >= 0.3 is 0 Å². The third kappa shape index (κ3) is 2.05. The number of aromatic amines is 1. The van der Waals surface area contributed by atoms with Gasteiger partial charge in [-0.05, 0) is 78.2 Å². The van der Waals surface area contributed by atoms with Crippen molar-refractivity contribution in [1.29, 1.82) is 0 Å². The molecule has 3 aliphatic carbocycles. The van der Waals surface area contributed by atoms with Gasteiger partial charge in [0.25, 0.3) is 0 Å². The van der Waals surface area contributed by atoms with Crippen LogP contribution >= 0.6 is 0 Å². The molecule has 3 N–H and O–H groups in total. The van der Waals surface area contributed by atoms with E-state index >= 15 is 0 Å². The molecule has 3 fully saturated rings. The number of benzene rings is 2. The highest BCUT2D eigenvalue weighted by atomic mass is 15.1. The smallest absolute Gasteiger partial charge is 0.0653 e. The molecule has 3 heteroatoms. The van der Waals surface area contributed by atoms with Crippen molar-refractivity contribution in [3.05, 3.63) is 53.7 Å². The lowest BCUT2D eigenvalue weighted by atomic mass is 9.63. The van der Waals surface area contributed by atoms with Crippen LogP contribution in [0, 0.1) is 5.41 Å². The molecule has 1 spiro atoms. The van der Waals surface area contributed by atoms with Gasteiger partial charge in [0.05, 0.1) is 11.7 Å². The lowest BCUT2D eigenvalue weighted by Crippen LogP contribution is -2.50. The number of H-pyrrole nitrogens is 1. The minimum absolute atomic E-state index is 0.0805. The van der Waals surface area contributed by atoms with Gasteiger partial charge in [-0.2, -0.15) is 5.10 Å². The van der Waals surface area contributed by atoms with E-state index in [0.29, 0.717) is 11.3 Å². The Morgan fingerprint density at radius 3 is 2.44 bits per heavy atom. The predicted molar refractivity (Wildman–Crippen MR) is 100 cm³/mol. The van der Waals surface area contributed by atoms with Crippen molar-refractivity contribution in [2.24, 2.45) is 11.1 Å². The molecule has 0 unspecified atom stereocenters. The van der Waals surface area contributed by atoms with Gasteiger partial charge < -0.3 is 5.73 Å². The van der Waals surface area contributed by atoms with Crippen LogP contribution in [-0.2, 0) is 5.54 Å². The molecule has 3 nitrogen and oxygen atoms in total. The second-order valence-electron chi connectivity index (χ2n) is 8.72. The minimum atomic E-state index is -0.0805. The van der Waals surface area contributed by atoms with E-state index in [0.717, 1.165) is 5.52 Å². The maximum absolute atomic E-state index is 6.66. The second-order valence-corrected chi connectivity index (χ2v) is 8.72. The van der Waals surface area contributed by atoms with Crippen LogP contribution in [0.4, 0.5) is 0 Å². The molecule has 1 aromatic heterocycles. The summed E-state index contributed by atoms with van der Waals surface area (Å²) in [5, 5.41) is 8.65. The van der Waals surface area contributed by atoms with Gasteiger partial charge in [-0.15, -0.1) is 0 Å². The van der Waals surface area contributed by atoms with Crippen LogP contribution in [0.1, 0.15) is 55.6 Å². The highest BCUT2D eigenvalue weighted by Crippen LogP contribution is 2.67. The average molecular weight is 329 g/mol. The molecule has 3 aromatic rings. The number of fused-ring (bicyclic) bond motifs is 1. The van der Waals surface area contributed by atoms with E-state index in [1.165, 1.54) is 66.2 Å². The van der Waals surface area contributed by atoms with Crippen molar-refractivity contribution >= 4 is 10.9 Å². The van der Waals surface area contributed by atoms with E-state index < -0.39 is 0 Å². The van der Waals surface area contributed by atoms with Crippen LogP contribution in [0.2, 0.25) is 0 Å². The fourth-order valence-corrected chi connectivity index (χ4v) is 5.11. The first-order valence-electron chi connectivity index (χ1n) is 9.52. The summed E-state index contributed by atoms with van der Waals surface area (Å²) in [5.74, 6) is 0.693. The first kappa shape index (κ1) is 14.1. The average Bonchev–Trinajstić information content (AvgIpc) is 3.52. The molecule has 0 radical (unpaired) electrons. The quantitative estimate of drug-likeness (QED) is 0.723. The number of rotatable bonds is 3. The zero-order chi connectivity index (χ0) is 16.6. The highest BCUT2D eigenvalue weighted by molar-refractivity contribution is 5.90. The molecule has 2 aromatic carbocycles. The molecule has 3 aliphatic rings. The zero-order valence-corrected chi connectivity index (χ0v) is 14.4. The van der Waals surface area contributed by atoms with Crippen molar-refractivity contribution in [3.8, 4) is 11.1 Å². The van der Waals surface area contributed by atoms with Crippen LogP contribution in [0.3, 0.4) is 0 Å². The highest BCUT2D eigenvalue weighted by Gasteiger charge is 2.59. The van der Waals surface area contributed by atoms with Crippen molar-refractivity contribution in [2.45, 2.75) is 50.0 Å². The summed E-state index contributed by atoms with van der Waals surface area (Å²) in [5.41, 5.74) is 13.8. The molecule has 0 aliphatic heterocycles. The first-order chi connectivity index (χ1) is 12.2. The Morgan fingerprint density at radius 1 is 1.00 bits per heavy atom. The van der Waals surface area contributed by atoms with E-state index in [1.807, 2.05) is 6.20 Å². The Bertz CT molecular complexity index is 966. The Kier molecular flexibility index (Phi) is 2.55. The number of hydrogen-bond acceptors (Lipinski definition) is 2. The molecular formula is C22H23N3. The Labute approximate surface area is 147 Å². The van der Waals surface area contributed by atoms with Gasteiger partial charge in [0.15, 0.2) is 0 Å². The Balaban J connectivity index is 1.40. The summed E-state index contributed by atoms with van der Waals surface area (Å²) in [6.07, 6.45) is 9.70. The molecule has 0 amide bonds. The van der Waals surface area contributed by atoms with Crippen LogP contribution in [-0.4, -0.2) is 10.2 Å². The summed E-state index contributed by atoms with van der Waals surface area (Å²) in [6, 6.07) is 13.5. The van der Waals surface area contributed by atoms with Crippen LogP contribution < -0.4 is 5.73 Å². The molecule has 25 heavy (non-hydrogen) atoms. The Hall–Kier alpha value is -2.13. The maximum atomic E-state index is 6.66. The van der Waals surface area contributed by atoms with Crippen LogP contribution in [0.5, 0.6) is 0 Å². The second kappa shape index (κ2) is 4.53. The standard InChI is InChI=1S/C22H23N3/c23-22(12-21(13-22)9-10-21)16-5-3-14(4-6-16)17-7-8-19-18(11-24-25-19)20(17)15-1-2-15/h3-8,11,15H,1-2,9-10,12-13,23H2,(H,24,25). The third-order valence-corrected chi connectivity index (χ3v) is 6.76. The van der Waals surface area contributed by atoms with Gasteiger partial charge in [0.1, 0.15) is 0 Å². The molecule has 6 rings (SSSR count). The number of hydrogen-bond donors (Lipinski definition) is 2. The van der Waals surface area contributed by atoms with E-state index in [2.05, 4.69) is 46.6 Å². The van der Waals surface area contributed by atoms with Crippen LogP contribution in [0.25, 0.3) is 22.0 Å². The van der Waals surface area contributed by atoms with Crippen LogP contribution in [0.15, 0.2) is 42.6 Å². The number of nitrogens with one attached hydrogen (secondary N) is 1. The molecule has 0 saturated heterocycles. The van der Waals surface area contributed by atoms with Crippen molar-refractivity contribution < 1.29 is 0 Å². The van der Waals surface area contributed by atoms with E-state index in [-0.39, 0.29) is 5.54 Å². The molecule has 3 saturated carbocycles. The van der Waals surface area contributed by atoms with Gasteiger partial charge in [0.2, 0.25) is 0 Å². The van der Waals surface area contributed by atoms with E-state index in [9.17, 15) is 0 Å². The SMILES string of the molecule is NC1(c2ccc(-c3ccc4[nH]ncc4c3C3CC3)cc2)CC2(CC2)C1. The molecular weight excluding hydrogens is 306 g/mol. The van der Waals surface area contributed by atoms with Crippen molar-refractivity contribution in [1.82, 2.24) is 10.2 Å². The maximum Gasteiger partial charge on any atom is 0.0653 e. The number of nitrogens with zero attached hydrogens (tertiary/aromatic N) is 1. The predicted octanol–water partition coefficient (Wildman–Crippen LogP) is 4.84. The fourth-order valence-electron chi connectivity index (χ4n) is 5.11. The van der Waals surface area contributed by atoms with Gasteiger partial charge in [-0.1, -0.05) is 30.3 Å². The van der Waals surface area contributed by atoms with Gasteiger partial charge in [-0.25, -0.2) is 0 Å². The number of aromatic nitrogens is 2. The van der Waals surface area contributed by atoms with Gasteiger partial charge in [0, 0.05) is 10.9 Å². The normalized spacial score (nSPS) is 22.9. The summed E-state index contributed by atoms with van der Waals surface area (Å²) >= 11 is 0. The lowest BCUT2D eigenvalue weighted by Gasteiger charge is -2.46. The lowest BCUT2D eigenvalue weighted by molar-refractivity contribution is 0.125. The molecule has 0 atom stereocenters. The molecule has 126 valence electrons. The summed E-state index contributed by atoms with van der Waals surface area (Å²) in [7, 11) is 0.